The fraction of sp³-hybridized carbons (Fsp3) is 0.222. The summed E-state index contributed by atoms with van der Waals surface area (Å²) in [6, 6.07) is 14.9. The van der Waals surface area contributed by atoms with Gasteiger partial charge in [-0.25, -0.2) is 9.07 Å². The summed E-state index contributed by atoms with van der Waals surface area (Å²) in [6.45, 7) is 4.34. The van der Waals surface area contributed by atoms with Crippen molar-refractivity contribution >= 4 is 11.8 Å². The second-order valence-electron chi connectivity index (χ2n) is 5.84. The number of hydrogen-bond acceptors (Lipinski definition) is 4. The minimum Gasteiger partial charge on any atom is -0.335 e. The number of hydrogen-bond donors (Lipinski definition) is 1. The molecule has 0 aliphatic heterocycles. The van der Waals surface area contributed by atoms with Crippen LogP contribution < -0.4 is 5.84 Å². The van der Waals surface area contributed by atoms with Crippen LogP contribution in [0.4, 0.5) is 4.39 Å². The third kappa shape index (κ3) is 3.43. The lowest BCUT2D eigenvalue weighted by Crippen LogP contribution is -2.12. The van der Waals surface area contributed by atoms with Gasteiger partial charge in [-0.15, -0.1) is 10.2 Å². The van der Waals surface area contributed by atoms with Crippen LogP contribution in [0.2, 0.25) is 0 Å². The molecule has 2 N–H and O–H groups in total. The van der Waals surface area contributed by atoms with E-state index in [9.17, 15) is 4.39 Å². The maximum absolute atomic E-state index is 13.9. The van der Waals surface area contributed by atoms with E-state index in [1.165, 1.54) is 33.6 Å². The van der Waals surface area contributed by atoms with Crippen molar-refractivity contribution in [2.24, 2.45) is 0 Å². The molecule has 124 valence electrons. The van der Waals surface area contributed by atoms with Crippen molar-refractivity contribution in [3.8, 4) is 11.4 Å². The lowest BCUT2D eigenvalue weighted by atomic mass is 10.0. The topological polar surface area (TPSA) is 56.7 Å². The molecule has 0 saturated carbocycles. The largest absolute Gasteiger partial charge is 0.335 e. The van der Waals surface area contributed by atoms with Crippen molar-refractivity contribution in [1.82, 2.24) is 14.9 Å². The van der Waals surface area contributed by atoms with Crippen LogP contribution in [0, 0.1) is 5.82 Å². The van der Waals surface area contributed by atoms with E-state index in [2.05, 4.69) is 48.3 Å². The molecular formula is C18H19FN4S. The van der Waals surface area contributed by atoms with Crippen LogP contribution in [-0.4, -0.2) is 14.9 Å². The smallest absolute Gasteiger partial charge is 0.210 e. The number of nitrogens with two attached hydrogens (primary N) is 1. The summed E-state index contributed by atoms with van der Waals surface area (Å²) in [6.07, 6.45) is 0. The third-order valence-corrected chi connectivity index (χ3v) is 4.81. The fourth-order valence-corrected chi connectivity index (χ4v) is 3.16. The van der Waals surface area contributed by atoms with E-state index in [1.54, 1.807) is 18.2 Å². The molecule has 2 aromatic carbocycles. The Kier molecular flexibility index (Phi) is 4.85. The highest BCUT2D eigenvalue weighted by molar-refractivity contribution is 7.98. The van der Waals surface area contributed by atoms with Crippen LogP contribution in [0.5, 0.6) is 0 Å². The molecule has 0 spiro atoms. The molecule has 4 nitrogen and oxygen atoms in total. The zero-order valence-corrected chi connectivity index (χ0v) is 14.4. The highest BCUT2D eigenvalue weighted by Crippen LogP contribution is 2.26. The predicted octanol–water partition coefficient (Wildman–Crippen LogP) is 4.21. The Bertz CT molecular complexity index is 827. The monoisotopic (exact) mass is 342 g/mol. The second kappa shape index (κ2) is 7.05. The van der Waals surface area contributed by atoms with Crippen molar-refractivity contribution < 1.29 is 4.39 Å². The van der Waals surface area contributed by atoms with E-state index in [-0.39, 0.29) is 5.82 Å². The quantitative estimate of drug-likeness (QED) is 0.557. The van der Waals surface area contributed by atoms with Gasteiger partial charge in [0.1, 0.15) is 5.82 Å². The first-order valence-corrected chi connectivity index (χ1v) is 8.72. The molecule has 0 unspecified atom stereocenters. The van der Waals surface area contributed by atoms with E-state index in [0.717, 1.165) is 5.75 Å². The van der Waals surface area contributed by atoms with Crippen LogP contribution in [0.3, 0.4) is 0 Å². The summed E-state index contributed by atoms with van der Waals surface area (Å²) in [5.41, 5.74) is 2.84. The molecule has 6 heteroatoms. The van der Waals surface area contributed by atoms with Crippen molar-refractivity contribution in [2.75, 3.05) is 5.84 Å². The Hall–Kier alpha value is -2.34. The van der Waals surface area contributed by atoms with E-state index in [1.807, 2.05) is 0 Å². The molecule has 0 radical (unpaired) electrons. The summed E-state index contributed by atoms with van der Waals surface area (Å²) < 4.78 is 15.2. The Balaban J connectivity index is 1.74. The molecule has 1 heterocycles. The normalized spacial score (nSPS) is 11.2. The zero-order chi connectivity index (χ0) is 17.1. The van der Waals surface area contributed by atoms with Crippen LogP contribution in [0.25, 0.3) is 11.4 Å². The van der Waals surface area contributed by atoms with Gasteiger partial charge in [0.15, 0.2) is 5.82 Å². The SMILES string of the molecule is CC(C)c1ccc(CSc2nnc(-c3ccccc3F)n2N)cc1. The van der Waals surface area contributed by atoms with Crippen molar-refractivity contribution in [1.29, 1.82) is 0 Å². The second-order valence-corrected chi connectivity index (χ2v) is 6.78. The van der Waals surface area contributed by atoms with Gasteiger partial charge in [0.05, 0.1) is 5.56 Å². The van der Waals surface area contributed by atoms with E-state index in [4.69, 9.17) is 5.84 Å². The van der Waals surface area contributed by atoms with Crippen LogP contribution in [0.1, 0.15) is 30.9 Å². The van der Waals surface area contributed by atoms with Gasteiger partial charge in [-0.05, 0) is 29.2 Å². The van der Waals surface area contributed by atoms with Crippen LogP contribution in [-0.2, 0) is 5.75 Å². The summed E-state index contributed by atoms with van der Waals surface area (Å²) in [5.74, 6) is 7.24. The first kappa shape index (κ1) is 16.5. The first-order chi connectivity index (χ1) is 11.6. The Morgan fingerprint density at radius 1 is 1.08 bits per heavy atom. The molecule has 0 amide bonds. The van der Waals surface area contributed by atoms with Gasteiger partial charge in [-0.2, -0.15) is 0 Å². The van der Waals surface area contributed by atoms with Gasteiger partial charge in [-0.3, -0.25) is 0 Å². The van der Waals surface area contributed by atoms with Gasteiger partial charge < -0.3 is 5.84 Å². The standard InChI is InChI=1S/C18H19FN4S/c1-12(2)14-9-7-13(8-10-14)11-24-18-22-21-17(23(18)20)15-5-3-4-6-16(15)19/h3-10,12H,11,20H2,1-2H3. The molecular weight excluding hydrogens is 323 g/mol. The minimum absolute atomic E-state index is 0.325. The Morgan fingerprint density at radius 3 is 2.46 bits per heavy atom. The number of nitrogen functional groups attached to an aromatic ring is 1. The average molecular weight is 342 g/mol. The molecule has 0 atom stereocenters. The maximum Gasteiger partial charge on any atom is 0.210 e. The van der Waals surface area contributed by atoms with Gasteiger partial charge in [-0.1, -0.05) is 62.0 Å². The molecule has 0 aliphatic rings. The molecule has 0 bridgehead atoms. The van der Waals surface area contributed by atoms with Crippen molar-refractivity contribution in [2.45, 2.75) is 30.7 Å². The average Bonchev–Trinajstić information content (AvgIpc) is 2.94. The van der Waals surface area contributed by atoms with E-state index >= 15 is 0 Å². The number of nitrogens with zero attached hydrogens (tertiary/aromatic N) is 3. The summed E-state index contributed by atoms with van der Waals surface area (Å²) in [7, 11) is 0. The molecule has 0 fully saturated rings. The molecule has 0 aliphatic carbocycles. The minimum atomic E-state index is -0.363. The van der Waals surface area contributed by atoms with E-state index < -0.39 is 0 Å². The molecule has 24 heavy (non-hydrogen) atoms. The van der Waals surface area contributed by atoms with Gasteiger partial charge in [0.2, 0.25) is 5.16 Å². The summed E-state index contributed by atoms with van der Waals surface area (Å²) >= 11 is 1.48. The lowest BCUT2D eigenvalue weighted by Gasteiger charge is -2.07. The highest BCUT2D eigenvalue weighted by Gasteiger charge is 2.15. The summed E-state index contributed by atoms with van der Waals surface area (Å²) in [5, 5.41) is 8.66. The first-order valence-electron chi connectivity index (χ1n) is 7.73. The van der Waals surface area contributed by atoms with Crippen LogP contribution >= 0.6 is 11.8 Å². The van der Waals surface area contributed by atoms with Gasteiger partial charge in [0, 0.05) is 5.75 Å². The molecule has 1 aromatic heterocycles. The Morgan fingerprint density at radius 2 is 1.79 bits per heavy atom. The Labute approximate surface area is 144 Å². The maximum atomic E-state index is 13.9. The molecule has 3 rings (SSSR count). The zero-order valence-electron chi connectivity index (χ0n) is 13.6. The van der Waals surface area contributed by atoms with Crippen molar-refractivity contribution in [3.05, 3.63) is 65.5 Å². The van der Waals surface area contributed by atoms with Crippen LogP contribution in [0.15, 0.2) is 53.7 Å². The van der Waals surface area contributed by atoms with Crippen molar-refractivity contribution in [3.63, 3.8) is 0 Å². The van der Waals surface area contributed by atoms with Gasteiger partial charge in [0.25, 0.3) is 0 Å². The lowest BCUT2D eigenvalue weighted by molar-refractivity contribution is 0.629. The number of halogens is 1. The number of benzene rings is 2. The summed E-state index contributed by atoms with van der Waals surface area (Å²) in [4.78, 5) is 0. The molecule has 0 saturated heterocycles. The number of aromatic nitrogens is 3. The fourth-order valence-electron chi connectivity index (χ4n) is 2.35. The number of rotatable bonds is 5. The third-order valence-electron chi connectivity index (χ3n) is 3.79. The highest BCUT2D eigenvalue weighted by atomic mass is 32.2. The van der Waals surface area contributed by atoms with E-state index in [0.29, 0.717) is 22.5 Å². The molecule has 3 aromatic rings. The predicted molar refractivity (Wildman–Crippen MR) is 95.7 cm³/mol. The number of thioether (sulfide) groups is 1. The van der Waals surface area contributed by atoms with Gasteiger partial charge >= 0.3 is 0 Å².